The maximum atomic E-state index is 11.9. The summed E-state index contributed by atoms with van der Waals surface area (Å²) in [6, 6.07) is 6.62. The fourth-order valence-corrected chi connectivity index (χ4v) is 11.8. The van der Waals surface area contributed by atoms with Gasteiger partial charge in [-0.15, -0.1) is 0 Å². The number of allylic oxidation sites excluding steroid dienone is 1. The van der Waals surface area contributed by atoms with E-state index in [1.54, 1.807) is 12.2 Å². The summed E-state index contributed by atoms with van der Waals surface area (Å²) in [6.07, 6.45) is 18.0. The van der Waals surface area contributed by atoms with Crippen LogP contribution in [0.4, 0.5) is 0 Å². The highest BCUT2D eigenvalue weighted by molar-refractivity contribution is 6.74. The molecule has 0 unspecified atom stereocenters. The van der Waals surface area contributed by atoms with Crippen LogP contribution in [-0.4, -0.2) is 58.4 Å². The first-order valence-electron chi connectivity index (χ1n) is 16.8. The van der Waals surface area contributed by atoms with Crippen LogP contribution in [0.3, 0.4) is 0 Å². The van der Waals surface area contributed by atoms with Gasteiger partial charge in [0.1, 0.15) is 12.4 Å². The molecule has 1 heterocycles. The first-order chi connectivity index (χ1) is 20.1. The molecule has 1 aliphatic heterocycles. The fraction of sp³-hybridized carbons (Fsp3) is 0.765. The van der Waals surface area contributed by atoms with E-state index >= 15 is 0 Å². The lowest BCUT2D eigenvalue weighted by Gasteiger charge is -2.34. The summed E-state index contributed by atoms with van der Waals surface area (Å²) in [4.78, 5) is 22.4. The van der Waals surface area contributed by atoms with E-state index in [9.17, 15) is 14.7 Å². The lowest BCUT2D eigenvalue weighted by Crippen LogP contribution is -2.40. The van der Waals surface area contributed by atoms with E-state index in [0.717, 1.165) is 74.7 Å². The van der Waals surface area contributed by atoms with E-state index < -0.39 is 22.7 Å². The first-order valence-corrected chi connectivity index (χ1v) is 21.9. The predicted molar refractivity (Wildman–Crippen MR) is 180 cm³/mol. The summed E-state index contributed by atoms with van der Waals surface area (Å²) in [5.74, 6) is 0.344. The summed E-state index contributed by atoms with van der Waals surface area (Å²) in [5.41, 5.74) is 0. The second-order valence-electron chi connectivity index (χ2n) is 12.2. The number of hydrogen-bond acceptors (Lipinski definition) is 6. The average molecular weight is 623 g/mol. The Labute approximate surface area is 259 Å². The lowest BCUT2D eigenvalue weighted by atomic mass is 9.94. The van der Waals surface area contributed by atoms with Crippen LogP contribution in [-0.2, 0) is 23.2 Å². The summed E-state index contributed by atoms with van der Waals surface area (Å²) < 4.78 is 19.5. The second kappa shape index (κ2) is 21.4. The van der Waals surface area contributed by atoms with Gasteiger partial charge in [-0.1, -0.05) is 78.8 Å². The quantitative estimate of drug-likeness (QED) is 0.0404. The molecule has 0 aromatic carbocycles. The van der Waals surface area contributed by atoms with Gasteiger partial charge in [0.05, 0.1) is 12.2 Å². The van der Waals surface area contributed by atoms with Crippen molar-refractivity contribution in [1.82, 2.24) is 0 Å². The van der Waals surface area contributed by atoms with Crippen molar-refractivity contribution >= 4 is 28.9 Å². The Hall–Kier alpha value is -1.33. The van der Waals surface area contributed by atoms with Crippen molar-refractivity contribution in [1.29, 1.82) is 0 Å². The average Bonchev–Trinajstić information content (AvgIpc) is 2.98. The molecule has 1 saturated heterocycles. The highest BCUT2D eigenvalue weighted by atomic mass is 28.4. The lowest BCUT2D eigenvalue weighted by molar-refractivity contribution is -0.156. The first kappa shape index (κ1) is 38.7. The van der Waals surface area contributed by atoms with Gasteiger partial charge in [-0.25, -0.2) is 0 Å². The van der Waals surface area contributed by atoms with Gasteiger partial charge in [0.2, 0.25) is 0 Å². The van der Waals surface area contributed by atoms with Gasteiger partial charge in [-0.05, 0) is 93.2 Å². The van der Waals surface area contributed by atoms with Crippen LogP contribution in [0.5, 0.6) is 0 Å². The van der Waals surface area contributed by atoms with E-state index in [4.69, 9.17) is 13.6 Å². The molecule has 0 spiro atoms. The molecule has 0 bridgehead atoms. The number of cyclic esters (lactones) is 1. The van der Waals surface area contributed by atoms with Crippen LogP contribution in [0, 0.1) is 5.92 Å². The molecule has 6 nitrogen and oxygen atoms in total. The van der Waals surface area contributed by atoms with Crippen molar-refractivity contribution in [3.05, 3.63) is 36.5 Å². The monoisotopic (exact) mass is 622 g/mol. The zero-order valence-corrected chi connectivity index (χ0v) is 29.8. The van der Waals surface area contributed by atoms with Gasteiger partial charge in [0.25, 0.3) is 0 Å². The fourth-order valence-electron chi connectivity index (χ4n) is 6.02. The van der Waals surface area contributed by atoms with Crippen molar-refractivity contribution in [3.63, 3.8) is 0 Å². The third-order valence-electron chi connectivity index (χ3n) is 9.28. The van der Waals surface area contributed by atoms with Crippen LogP contribution in [0.1, 0.15) is 99.8 Å². The molecular formula is C34H62O6Si2. The normalized spacial score (nSPS) is 20.8. The standard InChI is InChI=1S/C34H62O6Si2/c1-8-41(9-2,10-3)39-31(21-16-20-30(36)19-14-15-26-35)22-17-23-32(40-42(11-4,12-5)13-6)24-18-25-33-27-29(7)28-34(37)38-33/h14-17,20,22,26,29-33,36H,8-13,18-19,21,23-25,27-28H2,1-7H3/b15-14+,20-16+,22-17+/t29-,30-,31-,32-,33-/m0/s1. The number of hydrogen-bond donors (Lipinski definition) is 1. The number of aliphatic hydroxyl groups is 1. The van der Waals surface area contributed by atoms with Gasteiger partial charge in [-0.3, -0.25) is 9.59 Å². The highest BCUT2D eigenvalue weighted by Crippen LogP contribution is 2.29. The van der Waals surface area contributed by atoms with Crippen molar-refractivity contribution in [2.75, 3.05) is 0 Å². The molecule has 0 aromatic rings. The van der Waals surface area contributed by atoms with Crippen molar-refractivity contribution in [2.24, 2.45) is 5.92 Å². The SMILES string of the molecule is CC[Si](CC)(CC)O[C@@H](C/C=C/[C@H](C/C=C/[C@@H](O)C/C=C/C=O)O[Si](CC)(CC)CC)CCC[C@H]1C[C@H](C)CC(=O)O1. The smallest absolute Gasteiger partial charge is 0.306 e. The van der Waals surface area contributed by atoms with Gasteiger partial charge in [0, 0.05) is 12.5 Å². The van der Waals surface area contributed by atoms with Gasteiger partial charge >= 0.3 is 5.97 Å². The Kier molecular flexibility index (Phi) is 19.7. The molecular weight excluding hydrogens is 561 g/mol. The number of ether oxygens (including phenoxy) is 1. The molecule has 1 fully saturated rings. The predicted octanol–water partition coefficient (Wildman–Crippen LogP) is 8.68. The molecule has 0 saturated carbocycles. The maximum Gasteiger partial charge on any atom is 0.306 e. The van der Waals surface area contributed by atoms with Crippen LogP contribution in [0.2, 0.25) is 36.3 Å². The maximum absolute atomic E-state index is 11.9. The second-order valence-corrected chi connectivity index (χ2v) is 21.6. The Morgan fingerprint density at radius 1 is 0.881 bits per heavy atom. The highest BCUT2D eigenvalue weighted by Gasteiger charge is 2.33. The Balaban J connectivity index is 3.01. The van der Waals surface area contributed by atoms with E-state index in [2.05, 4.69) is 60.6 Å². The number of aliphatic hydroxyl groups excluding tert-OH is 1. The molecule has 5 atom stereocenters. The number of aldehydes is 1. The van der Waals surface area contributed by atoms with Crippen LogP contribution in [0.25, 0.3) is 0 Å². The zero-order chi connectivity index (χ0) is 31.4. The summed E-state index contributed by atoms with van der Waals surface area (Å²) in [7, 11) is -3.61. The topological polar surface area (TPSA) is 82.1 Å². The molecule has 0 amide bonds. The van der Waals surface area contributed by atoms with Crippen LogP contribution >= 0.6 is 0 Å². The van der Waals surface area contributed by atoms with Crippen molar-refractivity contribution in [2.45, 2.75) is 161 Å². The minimum absolute atomic E-state index is 0.0343. The van der Waals surface area contributed by atoms with Crippen LogP contribution < -0.4 is 0 Å². The third kappa shape index (κ3) is 14.4. The van der Waals surface area contributed by atoms with E-state index in [-0.39, 0.29) is 24.3 Å². The molecule has 8 heteroatoms. The summed E-state index contributed by atoms with van der Waals surface area (Å²) in [5, 5.41) is 10.2. The Morgan fingerprint density at radius 2 is 1.48 bits per heavy atom. The van der Waals surface area contributed by atoms with Gasteiger partial charge in [0.15, 0.2) is 16.6 Å². The van der Waals surface area contributed by atoms with Gasteiger partial charge < -0.3 is 18.7 Å². The van der Waals surface area contributed by atoms with E-state index in [1.807, 2.05) is 6.08 Å². The van der Waals surface area contributed by atoms with E-state index in [0.29, 0.717) is 25.2 Å². The third-order valence-corrected chi connectivity index (χ3v) is 18.7. The number of esters is 1. The largest absolute Gasteiger partial charge is 0.462 e. The Bertz CT molecular complexity index is 817. The molecule has 0 aromatic heterocycles. The number of carbonyl (C=O) groups is 2. The molecule has 242 valence electrons. The molecule has 0 radical (unpaired) electrons. The summed E-state index contributed by atoms with van der Waals surface area (Å²) >= 11 is 0. The number of carbonyl (C=O) groups excluding carboxylic acids is 2. The molecule has 1 aliphatic rings. The number of rotatable bonds is 23. The van der Waals surface area contributed by atoms with Crippen LogP contribution in [0.15, 0.2) is 36.5 Å². The minimum atomic E-state index is -1.83. The summed E-state index contributed by atoms with van der Waals surface area (Å²) in [6.45, 7) is 15.7. The van der Waals surface area contributed by atoms with Crippen molar-refractivity contribution < 1.29 is 28.3 Å². The van der Waals surface area contributed by atoms with Crippen molar-refractivity contribution in [3.8, 4) is 0 Å². The molecule has 0 aliphatic carbocycles. The molecule has 1 N–H and O–H groups in total. The molecule has 42 heavy (non-hydrogen) atoms. The van der Waals surface area contributed by atoms with E-state index in [1.165, 1.54) is 6.08 Å². The zero-order valence-electron chi connectivity index (χ0n) is 27.8. The Morgan fingerprint density at radius 3 is 2.05 bits per heavy atom. The van der Waals surface area contributed by atoms with Gasteiger partial charge in [-0.2, -0.15) is 0 Å². The minimum Gasteiger partial charge on any atom is -0.462 e. The molecule has 1 rings (SSSR count).